The molecule has 2 N–H and O–H groups in total. The summed E-state index contributed by atoms with van der Waals surface area (Å²) in [7, 11) is -3.07. The molecule has 1 heterocycles. The van der Waals surface area contributed by atoms with Crippen LogP contribution in [0.15, 0.2) is 11.6 Å². The highest BCUT2D eigenvalue weighted by Gasteiger charge is 2.26. The first-order valence-corrected chi connectivity index (χ1v) is 8.98. The lowest BCUT2D eigenvalue weighted by molar-refractivity contribution is -0.132. The monoisotopic (exact) mass is 302 g/mol. The third-order valence-electron chi connectivity index (χ3n) is 3.60. The number of amides is 1. The van der Waals surface area contributed by atoms with Crippen molar-refractivity contribution in [2.45, 2.75) is 39.7 Å². The van der Waals surface area contributed by atoms with E-state index in [9.17, 15) is 13.2 Å². The molecule has 5 nitrogen and oxygen atoms in total. The average molecular weight is 302 g/mol. The van der Waals surface area contributed by atoms with Gasteiger partial charge in [-0.25, -0.2) is 8.42 Å². The fraction of sp³-hybridized carbons (Fsp3) is 0.786. The van der Waals surface area contributed by atoms with Crippen LogP contribution in [-0.2, 0) is 14.6 Å². The zero-order valence-electron chi connectivity index (χ0n) is 12.8. The topological polar surface area (TPSA) is 80.5 Å². The summed E-state index contributed by atoms with van der Waals surface area (Å²) in [6.07, 6.45) is 4.28. The van der Waals surface area contributed by atoms with Gasteiger partial charge < -0.3 is 10.6 Å². The molecule has 1 aliphatic heterocycles. The number of nitrogens with zero attached hydrogens (tertiary/aromatic N) is 1. The maximum absolute atomic E-state index is 12.1. The second-order valence-corrected chi connectivity index (χ2v) is 8.80. The SMILES string of the molecule is CC(C)(C)C1=CCN(C(=O)C(N)CCS(C)(=O)=O)CC1. The lowest BCUT2D eigenvalue weighted by atomic mass is 9.83. The van der Waals surface area contributed by atoms with Crippen LogP contribution in [0.5, 0.6) is 0 Å². The van der Waals surface area contributed by atoms with E-state index < -0.39 is 15.9 Å². The van der Waals surface area contributed by atoms with Crippen LogP contribution in [0, 0.1) is 5.41 Å². The van der Waals surface area contributed by atoms with Gasteiger partial charge >= 0.3 is 0 Å². The maximum Gasteiger partial charge on any atom is 0.239 e. The van der Waals surface area contributed by atoms with Gasteiger partial charge in [-0.05, 0) is 18.3 Å². The summed E-state index contributed by atoms with van der Waals surface area (Å²) in [4.78, 5) is 13.9. The molecule has 1 aliphatic rings. The molecule has 0 aliphatic carbocycles. The minimum atomic E-state index is -3.07. The molecule has 1 atom stereocenters. The summed E-state index contributed by atoms with van der Waals surface area (Å²) in [6, 6.07) is -0.727. The molecule has 0 bridgehead atoms. The number of hydrogen-bond acceptors (Lipinski definition) is 4. The number of carbonyl (C=O) groups excluding carboxylic acids is 1. The summed E-state index contributed by atoms with van der Waals surface area (Å²) in [5, 5.41) is 0. The van der Waals surface area contributed by atoms with Crippen molar-refractivity contribution in [3.8, 4) is 0 Å². The van der Waals surface area contributed by atoms with Gasteiger partial charge in [0.15, 0.2) is 0 Å². The molecule has 0 aromatic carbocycles. The van der Waals surface area contributed by atoms with Crippen molar-refractivity contribution < 1.29 is 13.2 Å². The van der Waals surface area contributed by atoms with Gasteiger partial charge in [0.05, 0.1) is 11.8 Å². The Bertz CT molecular complexity index is 489. The lowest BCUT2D eigenvalue weighted by Crippen LogP contribution is -2.46. The molecule has 0 radical (unpaired) electrons. The summed E-state index contributed by atoms with van der Waals surface area (Å²) in [5.41, 5.74) is 7.28. The van der Waals surface area contributed by atoms with Crippen LogP contribution in [0.1, 0.15) is 33.6 Å². The van der Waals surface area contributed by atoms with E-state index in [4.69, 9.17) is 5.73 Å². The zero-order chi connectivity index (χ0) is 15.6. The second-order valence-electron chi connectivity index (χ2n) is 6.54. The molecule has 1 unspecified atom stereocenters. The third-order valence-corrected chi connectivity index (χ3v) is 4.58. The Balaban J connectivity index is 2.56. The Kier molecular flexibility index (Phi) is 5.38. The van der Waals surface area contributed by atoms with E-state index >= 15 is 0 Å². The minimum absolute atomic E-state index is 0.0448. The summed E-state index contributed by atoms with van der Waals surface area (Å²) in [5.74, 6) is -0.200. The molecule has 0 fully saturated rings. The van der Waals surface area contributed by atoms with Gasteiger partial charge in [-0.15, -0.1) is 0 Å². The fourth-order valence-corrected chi connectivity index (χ4v) is 2.93. The molecule has 0 saturated heterocycles. The van der Waals surface area contributed by atoms with E-state index in [0.29, 0.717) is 13.1 Å². The van der Waals surface area contributed by atoms with Crippen LogP contribution in [0.3, 0.4) is 0 Å². The van der Waals surface area contributed by atoms with E-state index in [0.717, 1.165) is 12.7 Å². The first kappa shape index (κ1) is 17.2. The van der Waals surface area contributed by atoms with Crippen LogP contribution in [-0.4, -0.2) is 50.4 Å². The number of nitrogens with two attached hydrogens (primary N) is 1. The van der Waals surface area contributed by atoms with Crippen molar-refractivity contribution in [1.29, 1.82) is 0 Å². The predicted molar refractivity (Wildman–Crippen MR) is 81.0 cm³/mol. The van der Waals surface area contributed by atoms with Crippen molar-refractivity contribution in [3.63, 3.8) is 0 Å². The third kappa shape index (κ3) is 5.25. The highest BCUT2D eigenvalue weighted by Crippen LogP contribution is 2.30. The number of hydrogen-bond donors (Lipinski definition) is 1. The average Bonchev–Trinajstić information content (AvgIpc) is 2.33. The van der Waals surface area contributed by atoms with E-state index in [1.807, 2.05) is 0 Å². The quantitative estimate of drug-likeness (QED) is 0.784. The fourth-order valence-electron chi connectivity index (χ4n) is 2.25. The highest BCUT2D eigenvalue weighted by molar-refractivity contribution is 7.90. The number of carbonyl (C=O) groups is 1. The van der Waals surface area contributed by atoms with Gasteiger partial charge in [0, 0.05) is 19.3 Å². The van der Waals surface area contributed by atoms with Gasteiger partial charge in [0.25, 0.3) is 0 Å². The van der Waals surface area contributed by atoms with E-state index in [-0.39, 0.29) is 23.5 Å². The van der Waals surface area contributed by atoms with Crippen molar-refractivity contribution in [1.82, 2.24) is 4.90 Å². The van der Waals surface area contributed by atoms with Gasteiger partial charge in [0.1, 0.15) is 9.84 Å². The first-order chi connectivity index (χ1) is 9.00. The smallest absolute Gasteiger partial charge is 0.239 e. The minimum Gasteiger partial charge on any atom is -0.337 e. The Morgan fingerprint density at radius 1 is 1.45 bits per heavy atom. The summed E-state index contributed by atoms with van der Waals surface area (Å²) >= 11 is 0. The highest BCUT2D eigenvalue weighted by atomic mass is 32.2. The maximum atomic E-state index is 12.1. The molecule has 0 aromatic rings. The Hall–Kier alpha value is -0.880. The van der Waals surface area contributed by atoms with E-state index in [1.165, 1.54) is 5.57 Å². The van der Waals surface area contributed by atoms with E-state index in [2.05, 4.69) is 26.8 Å². The van der Waals surface area contributed by atoms with Crippen LogP contribution in [0.4, 0.5) is 0 Å². The number of rotatable bonds is 4. The Morgan fingerprint density at radius 2 is 2.05 bits per heavy atom. The van der Waals surface area contributed by atoms with Crippen molar-refractivity contribution in [2.75, 3.05) is 25.1 Å². The van der Waals surface area contributed by atoms with Crippen LogP contribution in [0.25, 0.3) is 0 Å². The molecular formula is C14H26N2O3S. The largest absolute Gasteiger partial charge is 0.337 e. The second kappa shape index (κ2) is 6.26. The lowest BCUT2D eigenvalue weighted by Gasteiger charge is -2.33. The van der Waals surface area contributed by atoms with Crippen LogP contribution >= 0.6 is 0 Å². The molecular weight excluding hydrogens is 276 g/mol. The molecule has 0 spiro atoms. The van der Waals surface area contributed by atoms with Gasteiger partial charge in [-0.2, -0.15) is 0 Å². The predicted octanol–water partition coefficient (Wildman–Crippen LogP) is 0.953. The van der Waals surface area contributed by atoms with Crippen molar-refractivity contribution in [2.24, 2.45) is 11.1 Å². The normalized spacial score (nSPS) is 18.6. The van der Waals surface area contributed by atoms with Crippen molar-refractivity contribution in [3.05, 3.63) is 11.6 Å². The molecule has 0 saturated carbocycles. The molecule has 1 amide bonds. The van der Waals surface area contributed by atoms with Crippen LogP contribution < -0.4 is 5.73 Å². The van der Waals surface area contributed by atoms with E-state index in [1.54, 1.807) is 4.90 Å². The summed E-state index contributed by atoms with van der Waals surface area (Å²) < 4.78 is 22.2. The molecule has 6 heteroatoms. The van der Waals surface area contributed by atoms with Crippen molar-refractivity contribution >= 4 is 15.7 Å². The van der Waals surface area contributed by atoms with Crippen LogP contribution in [0.2, 0.25) is 0 Å². The molecule has 0 aromatic heterocycles. The molecule has 1 rings (SSSR count). The number of sulfone groups is 1. The van der Waals surface area contributed by atoms with Gasteiger partial charge in [-0.3, -0.25) is 4.79 Å². The van der Waals surface area contributed by atoms with Gasteiger partial charge in [-0.1, -0.05) is 32.4 Å². The Morgan fingerprint density at radius 3 is 2.45 bits per heavy atom. The zero-order valence-corrected chi connectivity index (χ0v) is 13.7. The first-order valence-electron chi connectivity index (χ1n) is 6.92. The summed E-state index contributed by atoms with van der Waals surface area (Å²) in [6.45, 7) is 7.71. The van der Waals surface area contributed by atoms with Gasteiger partial charge in [0.2, 0.25) is 5.91 Å². The standard InChI is InChI=1S/C14H26N2O3S/c1-14(2,3)11-5-8-16(9-6-11)13(17)12(15)7-10-20(4,18)19/h5,12H,6-10,15H2,1-4H3. The molecule has 116 valence electrons. The molecule has 20 heavy (non-hydrogen) atoms. The Labute approximate surface area is 122 Å².